The highest BCUT2D eigenvalue weighted by atomic mass is 19.2. The Labute approximate surface area is 216 Å². The molecule has 3 aliphatic heterocycles. The van der Waals surface area contributed by atoms with Gasteiger partial charge >= 0.3 is 0 Å². The van der Waals surface area contributed by atoms with Crippen LogP contribution in [0.25, 0.3) is 10.9 Å². The zero-order valence-corrected chi connectivity index (χ0v) is 21.4. The van der Waals surface area contributed by atoms with Crippen LogP contribution in [0.4, 0.5) is 14.5 Å². The zero-order chi connectivity index (χ0) is 26.0. The Hall–Kier alpha value is -2.87. The lowest BCUT2D eigenvalue weighted by molar-refractivity contribution is -0.0356. The second-order valence-corrected chi connectivity index (χ2v) is 10.7. The van der Waals surface area contributed by atoms with Crippen LogP contribution in [0, 0.1) is 28.4 Å². The van der Waals surface area contributed by atoms with E-state index in [0.29, 0.717) is 87.7 Å². The first-order valence-corrected chi connectivity index (χ1v) is 13.1. The van der Waals surface area contributed by atoms with Gasteiger partial charge in [0, 0.05) is 70.0 Å². The number of nitrogens with zero attached hydrogens (tertiary/aromatic N) is 6. The van der Waals surface area contributed by atoms with Crippen molar-refractivity contribution in [1.29, 1.82) is 5.26 Å². The molecule has 0 atom stereocenters. The average Bonchev–Trinajstić information content (AvgIpc) is 3.43. The number of amides is 1. The first-order chi connectivity index (χ1) is 17.9. The summed E-state index contributed by atoms with van der Waals surface area (Å²) in [6, 6.07) is 4.60. The van der Waals surface area contributed by atoms with Crippen LogP contribution in [0.1, 0.15) is 43.0 Å². The first kappa shape index (κ1) is 25.8. The summed E-state index contributed by atoms with van der Waals surface area (Å²) in [6.45, 7) is 8.89. The molecule has 3 aliphatic rings. The molecule has 0 unspecified atom stereocenters. The van der Waals surface area contributed by atoms with Gasteiger partial charge in [-0.3, -0.25) is 19.6 Å². The Morgan fingerprint density at radius 1 is 1.00 bits per heavy atom. The molecule has 1 aromatic carbocycles. The third kappa shape index (κ3) is 5.54. The quantitative estimate of drug-likeness (QED) is 0.587. The second-order valence-electron chi connectivity index (χ2n) is 10.7. The molecule has 1 aromatic heterocycles. The third-order valence-electron chi connectivity index (χ3n) is 7.97. The van der Waals surface area contributed by atoms with Crippen molar-refractivity contribution >= 4 is 22.5 Å². The minimum absolute atomic E-state index is 0.166. The van der Waals surface area contributed by atoms with Crippen molar-refractivity contribution in [3.8, 4) is 6.07 Å². The molecule has 1 amide bonds. The van der Waals surface area contributed by atoms with Gasteiger partial charge in [-0.1, -0.05) is 0 Å². The molecule has 10 heteroatoms. The summed E-state index contributed by atoms with van der Waals surface area (Å²) in [5, 5.41) is 9.96. The van der Waals surface area contributed by atoms with Crippen LogP contribution in [-0.4, -0.2) is 91.4 Å². The number of aromatic nitrogens is 1. The normalized spacial score (nSPS) is 20.9. The number of piperazine rings is 1. The van der Waals surface area contributed by atoms with Gasteiger partial charge in [-0.15, -0.1) is 0 Å². The summed E-state index contributed by atoms with van der Waals surface area (Å²) >= 11 is 0. The molecule has 3 fully saturated rings. The number of ether oxygens (including phenoxy) is 1. The third-order valence-corrected chi connectivity index (χ3v) is 7.97. The molecule has 5 rings (SSSR count). The second kappa shape index (κ2) is 10.9. The number of rotatable bonds is 6. The standard InChI is InChI=1S/C27H34F2N6O2/c1-27(17-30)4-8-34(9-5-27)25-20-14-22(28)23(29)15-24(20)31-16-21(25)26(36)35-12-10-33(11-13-35)19-37-18-32-6-2-3-7-32/h14-16H,2-13,18-19H2,1H3. The van der Waals surface area contributed by atoms with Crippen molar-refractivity contribution in [1.82, 2.24) is 19.7 Å². The number of benzene rings is 1. The molecule has 3 saturated heterocycles. The van der Waals surface area contributed by atoms with Gasteiger partial charge in [-0.05, 0) is 38.7 Å². The Balaban J connectivity index is 1.32. The number of hydrogen-bond acceptors (Lipinski definition) is 7. The van der Waals surface area contributed by atoms with Gasteiger partial charge in [-0.2, -0.15) is 5.26 Å². The van der Waals surface area contributed by atoms with E-state index in [1.54, 1.807) is 4.90 Å². The SMILES string of the molecule is CC1(C#N)CCN(c2c(C(=O)N3CCN(COCN4CCCC4)CC3)cnc3cc(F)c(F)cc23)CC1. The van der Waals surface area contributed by atoms with E-state index in [0.717, 1.165) is 25.2 Å². The average molecular weight is 513 g/mol. The van der Waals surface area contributed by atoms with Gasteiger partial charge < -0.3 is 14.5 Å². The van der Waals surface area contributed by atoms with Crippen LogP contribution >= 0.6 is 0 Å². The Morgan fingerprint density at radius 3 is 2.27 bits per heavy atom. The molecular weight excluding hydrogens is 478 g/mol. The van der Waals surface area contributed by atoms with Gasteiger partial charge in [0.1, 0.15) is 13.5 Å². The van der Waals surface area contributed by atoms with Gasteiger partial charge in [0.2, 0.25) is 0 Å². The largest absolute Gasteiger partial charge is 0.370 e. The van der Waals surface area contributed by atoms with Crippen LogP contribution in [0.3, 0.4) is 0 Å². The minimum Gasteiger partial charge on any atom is -0.370 e. The predicted octanol–water partition coefficient (Wildman–Crippen LogP) is 3.43. The molecule has 8 nitrogen and oxygen atoms in total. The summed E-state index contributed by atoms with van der Waals surface area (Å²) < 4.78 is 34.2. The lowest BCUT2D eigenvalue weighted by atomic mass is 9.81. The summed E-state index contributed by atoms with van der Waals surface area (Å²) in [5.41, 5.74) is 0.829. The molecule has 0 bridgehead atoms. The zero-order valence-electron chi connectivity index (χ0n) is 21.4. The maximum absolute atomic E-state index is 14.3. The number of piperidine rings is 1. The first-order valence-electron chi connectivity index (χ1n) is 13.1. The maximum Gasteiger partial charge on any atom is 0.257 e. The molecule has 2 aromatic rings. The number of anilines is 1. The fourth-order valence-corrected chi connectivity index (χ4v) is 5.47. The van der Waals surface area contributed by atoms with E-state index in [2.05, 4.69) is 20.9 Å². The summed E-state index contributed by atoms with van der Waals surface area (Å²) in [6.07, 6.45) is 5.20. The molecule has 0 saturated carbocycles. The predicted molar refractivity (Wildman–Crippen MR) is 136 cm³/mol. The Bertz CT molecular complexity index is 1180. The highest BCUT2D eigenvalue weighted by Gasteiger charge is 2.33. The van der Waals surface area contributed by atoms with E-state index in [-0.39, 0.29) is 5.91 Å². The van der Waals surface area contributed by atoms with Crippen LogP contribution in [0.2, 0.25) is 0 Å². The van der Waals surface area contributed by atoms with Gasteiger partial charge in [0.15, 0.2) is 11.6 Å². The summed E-state index contributed by atoms with van der Waals surface area (Å²) in [5.74, 6) is -2.11. The fourth-order valence-electron chi connectivity index (χ4n) is 5.47. The number of hydrogen-bond donors (Lipinski definition) is 0. The van der Waals surface area contributed by atoms with Crippen molar-refractivity contribution < 1.29 is 18.3 Å². The molecule has 198 valence electrons. The van der Waals surface area contributed by atoms with Crippen molar-refractivity contribution in [2.45, 2.75) is 32.6 Å². The molecule has 0 aliphatic carbocycles. The number of halogens is 2. The molecule has 0 spiro atoms. The highest BCUT2D eigenvalue weighted by molar-refractivity contribution is 6.07. The van der Waals surface area contributed by atoms with E-state index in [9.17, 15) is 18.8 Å². The van der Waals surface area contributed by atoms with Crippen LogP contribution < -0.4 is 4.90 Å². The maximum atomic E-state index is 14.3. The van der Waals surface area contributed by atoms with Crippen LogP contribution in [0.5, 0.6) is 0 Å². The van der Waals surface area contributed by atoms with Gasteiger partial charge in [0.25, 0.3) is 5.91 Å². The van der Waals surface area contributed by atoms with Crippen LogP contribution in [0.15, 0.2) is 18.3 Å². The van der Waals surface area contributed by atoms with Crippen LogP contribution in [-0.2, 0) is 4.74 Å². The molecule has 0 N–H and O–H groups in total. The minimum atomic E-state index is -0.971. The van der Waals surface area contributed by atoms with Crippen molar-refractivity contribution in [2.75, 3.05) is 70.7 Å². The fraction of sp³-hybridized carbons (Fsp3) is 0.593. The lowest BCUT2D eigenvalue weighted by Gasteiger charge is -2.39. The molecule has 0 radical (unpaired) electrons. The number of fused-ring (bicyclic) bond motifs is 1. The van der Waals surface area contributed by atoms with E-state index in [4.69, 9.17) is 4.74 Å². The van der Waals surface area contributed by atoms with Crippen molar-refractivity contribution in [3.63, 3.8) is 0 Å². The highest BCUT2D eigenvalue weighted by Crippen LogP contribution is 2.37. The number of nitriles is 1. The van der Waals surface area contributed by atoms with Crippen molar-refractivity contribution in [3.05, 3.63) is 35.5 Å². The number of carbonyl (C=O) groups is 1. The number of pyridine rings is 1. The lowest BCUT2D eigenvalue weighted by Crippen LogP contribution is -2.49. The van der Waals surface area contributed by atoms with Gasteiger partial charge in [0.05, 0.1) is 28.3 Å². The smallest absolute Gasteiger partial charge is 0.257 e. The van der Waals surface area contributed by atoms with E-state index < -0.39 is 17.0 Å². The monoisotopic (exact) mass is 512 g/mol. The van der Waals surface area contributed by atoms with E-state index in [1.165, 1.54) is 19.0 Å². The Kier molecular flexibility index (Phi) is 7.56. The molecule has 4 heterocycles. The summed E-state index contributed by atoms with van der Waals surface area (Å²) in [7, 11) is 0. The van der Waals surface area contributed by atoms with E-state index >= 15 is 0 Å². The topological polar surface area (TPSA) is 75.9 Å². The number of likely N-dealkylation sites (tertiary alicyclic amines) is 1. The molecular formula is C27H34F2N6O2. The Morgan fingerprint density at radius 2 is 1.62 bits per heavy atom. The van der Waals surface area contributed by atoms with Gasteiger partial charge in [-0.25, -0.2) is 8.78 Å². The van der Waals surface area contributed by atoms with Crippen molar-refractivity contribution in [2.24, 2.45) is 5.41 Å². The van der Waals surface area contributed by atoms with E-state index in [1.807, 2.05) is 11.8 Å². The number of carbonyl (C=O) groups excluding carboxylic acids is 1. The molecule has 37 heavy (non-hydrogen) atoms. The summed E-state index contributed by atoms with van der Waals surface area (Å²) in [4.78, 5) is 26.4.